The van der Waals surface area contributed by atoms with Crippen LogP contribution in [-0.4, -0.2) is 5.48 Å². The van der Waals surface area contributed by atoms with Crippen LogP contribution in [0.2, 0.25) is 0 Å². The molecule has 0 unspecified atom stereocenters. The van der Waals surface area contributed by atoms with Crippen molar-refractivity contribution < 1.29 is 64.6 Å². The standard InChI is InChI=1S/2Na.H2O.S/h;;1H2;/q2*+1;;-2. The van der Waals surface area contributed by atoms with Gasteiger partial charge in [0.25, 0.3) is 0 Å². The van der Waals surface area contributed by atoms with Crippen molar-refractivity contribution in [1.29, 1.82) is 0 Å². The van der Waals surface area contributed by atoms with Gasteiger partial charge in [0.05, 0.1) is 0 Å². The van der Waals surface area contributed by atoms with Crippen LogP contribution in [0.5, 0.6) is 0 Å². The molecule has 0 heterocycles. The van der Waals surface area contributed by atoms with Gasteiger partial charge in [0.1, 0.15) is 0 Å². The van der Waals surface area contributed by atoms with E-state index in [1.54, 1.807) is 0 Å². The molecule has 2 N–H and O–H groups in total. The molecule has 0 bridgehead atoms. The van der Waals surface area contributed by atoms with Crippen molar-refractivity contribution >= 4 is 13.5 Å². The molecule has 0 aliphatic heterocycles. The van der Waals surface area contributed by atoms with Gasteiger partial charge in [-0.15, -0.1) is 0 Å². The number of hydrogen-bond donors (Lipinski definition) is 0. The molecule has 0 spiro atoms. The topological polar surface area (TPSA) is 31.5 Å². The first-order chi connectivity index (χ1) is 0. The Kier molecular flexibility index (Phi) is 154. The van der Waals surface area contributed by atoms with Crippen LogP contribution in [0.4, 0.5) is 0 Å². The smallest absolute Gasteiger partial charge is 1.00 e. The second-order valence-electron chi connectivity index (χ2n) is 0. The van der Waals surface area contributed by atoms with Gasteiger partial charge < -0.3 is 19.0 Å². The van der Waals surface area contributed by atoms with Crippen LogP contribution < -0.4 is 59.1 Å². The molecule has 0 amide bonds. The zero-order valence-electron chi connectivity index (χ0n) is 2.91. The molecular weight excluding hydrogens is 94.0 g/mol. The maximum absolute atomic E-state index is 0. The van der Waals surface area contributed by atoms with E-state index in [4.69, 9.17) is 0 Å². The SMILES string of the molecule is O.[Na+].[Na+].[S-2]. The summed E-state index contributed by atoms with van der Waals surface area (Å²) in [4.78, 5) is 0. The summed E-state index contributed by atoms with van der Waals surface area (Å²) in [5.74, 6) is 0. The van der Waals surface area contributed by atoms with Gasteiger partial charge in [0, 0.05) is 0 Å². The molecule has 0 rings (SSSR count). The minimum Gasteiger partial charge on any atom is -2.00 e. The first-order valence-corrected chi connectivity index (χ1v) is 0. The van der Waals surface area contributed by atoms with Gasteiger partial charge in [-0.3, -0.25) is 0 Å². The van der Waals surface area contributed by atoms with Gasteiger partial charge in [-0.05, 0) is 0 Å². The largest absolute Gasteiger partial charge is 2.00 e. The second-order valence-corrected chi connectivity index (χ2v) is 0. The maximum Gasteiger partial charge on any atom is 1.00 e. The minimum absolute atomic E-state index is 0. The fourth-order valence-corrected chi connectivity index (χ4v) is 0. The van der Waals surface area contributed by atoms with Crippen molar-refractivity contribution in [2.45, 2.75) is 0 Å². The fourth-order valence-electron chi connectivity index (χ4n) is 0. The van der Waals surface area contributed by atoms with E-state index in [0.717, 1.165) is 0 Å². The van der Waals surface area contributed by atoms with Gasteiger partial charge in [0.15, 0.2) is 0 Å². The Hall–Kier alpha value is 2.31. The molecule has 16 valence electrons. The molecule has 0 aromatic carbocycles. The van der Waals surface area contributed by atoms with E-state index in [-0.39, 0.29) is 78.1 Å². The third-order valence-corrected chi connectivity index (χ3v) is 0. The normalized spacial score (nSPS) is 0. The van der Waals surface area contributed by atoms with E-state index in [9.17, 15) is 0 Å². The molecular formula is H2Na2OS. The molecule has 4 heavy (non-hydrogen) atoms. The van der Waals surface area contributed by atoms with E-state index >= 15 is 0 Å². The van der Waals surface area contributed by atoms with Crippen LogP contribution in [0.1, 0.15) is 0 Å². The summed E-state index contributed by atoms with van der Waals surface area (Å²) in [7, 11) is 0. The molecule has 0 aliphatic rings. The Bertz CT molecular complexity index is 6.00. The van der Waals surface area contributed by atoms with Crippen molar-refractivity contribution in [3.8, 4) is 0 Å². The van der Waals surface area contributed by atoms with Crippen LogP contribution in [0.25, 0.3) is 0 Å². The quantitative estimate of drug-likeness (QED) is 0.268. The third-order valence-electron chi connectivity index (χ3n) is 0. The molecule has 0 fully saturated rings. The molecule has 0 radical (unpaired) electrons. The van der Waals surface area contributed by atoms with E-state index in [2.05, 4.69) is 0 Å². The Morgan fingerprint density at radius 2 is 0.750 bits per heavy atom. The Morgan fingerprint density at radius 1 is 0.750 bits per heavy atom. The molecule has 4 heteroatoms. The van der Waals surface area contributed by atoms with E-state index in [1.807, 2.05) is 0 Å². The molecule has 0 saturated carbocycles. The van der Waals surface area contributed by atoms with Gasteiger partial charge in [-0.2, -0.15) is 0 Å². The Morgan fingerprint density at radius 3 is 0.750 bits per heavy atom. The summed E-state index contributed by atoms with van der Waals surface area (Å²) in [6, 6.07) is 0. The minimum atomic E-state index is 0. The predicted octanol–water partition coefficient (Wildman–Crippen LogP) is -6.82. The molecule has 0 aliphatic carbocycles. The van der Waals surface area contributed by atoms with E-state index in [0.29, 0.717) is 0 Å². The molecule has 0 atom stereocenters. The van der Waals surface area contributed by atoms with Crippen LogP contribution in [0, 0.1) is 0 Å². The van der Waals surface area contributed by atoms with Crippen LogP contribution in [0.3, 0.4) is 0 Å². The van der Waals surface area contributed by atoms with Crippen molar-refractivity contribution in [3.63, 3.8) is 0 Å². The average molecular weight is 96.1 g/mol. The van der Waals surface area contributed by atoms with Gasteiger partial charge in [-0.1, -0.05) is 0 Å². The Labute approximate surface area is 76.9 Å². The maximum atomic E-state index is 0. The summed E-state index contributed by atoms with van der Waals surface area (Å²) >= 11 is 0. The first-order valence-electron chi connectivity index (χ1n) is 0. The van der Waals surface area contributed by atoms with Crippen molar-refractivity contribution in [2.24, 2.45) is 0 Å². The predicted molar refractivity (Wildman–Crippen MR) is 11.0 cm³/mol. The monoisotopic (exact) mass is 96.0 g/mol. The van der Waals surface area contributed by atoms with Crippen LogP contribution >= 0.6 is 0 Å². The fraction of sp³-hybridized carbons (Fsp3) is 0. The van der Waals surface area contributed by atoms with Crippen LogP contribution in [-0.2, 0) is 13.5 Å². The van der Waals surface area contributed by atoms with Crippen molar-refractivity contribution in [2.75, 3.05) is 0 Å². The van der Waals surface area contributed by atoms with Gasteiger partial charge >= 0.3 is 59.1 Å². The van der Waals surface area contributed by atoms with Gasteiger partial charge in [-0.25, -0.2) is 0 Å². The van der Waals surface area contributed by atoms with E-state index < -0.39 is 0 Å². The zero-order chi connectivity index (χ0) is 0. The summed E-state index contributed by atoms with van der Waals surface area (Å²) < 4.78 is 0. The Balaban J connectivity index is 0. The summed E-state index contributed by atoms with van der Waals surface area (Å²) in [5, 5.41) is 0. The van der Waals surface area contributed by atoms with E-state index in [1.165, 1.54) is 0 Å². The second kappa shape index (κ2) is 18.5. The average Bonchev–Trinajstić information content (AvgIpc) is 0. The molecule has 0 saturated heterocycles. The molecule has 1 nitrogen and oxygen atoms in total. The van der Waals surface area contributed by atoms with Gasteiger partial charge in [0.2, 0.25) is 0 Å². The number of hydrogen-bond acceptors (Lipinski definition) is 0. The summed E-state index contributed by atoms with van der Waals surface area (Å²) in [5.41, 5.74) is 0. The third kappa shape index (κ3) is 8.85. The van der Waals surface area contributed by atoms with Crippen LogP contribution in [0.15, 0.2) is 0 Å². The summed E-state index contributed by atoms with van der Waals surface area (Å²) in [6.45, 7) is 0. The number of rotatable bonds is 0. The van der Waals surface area contributed by atoms with Crippen molar-refractivity contribution in [3.05, 3.63) is 0 Å². The zero-order valence-corrected chi connectivity index (χ0v) is 7.72. The summed E-state index contributed by atoms with van der Waals surface area (Å²) in [6.07, 6.45) is 0. The molecule has 0 aromatic rings. The van der Waals surface area contributed by atoms with Crippen molar-refractivity contribution in [1.82, 2.24) is 0 Å². The molecule has 0 aromatic heterocycles. The first kappa shape index (κ1) is 33.3.